The lowest BCUT2D eigenvalue weighted by Gasteiger charge is -2.18. The molecule has 106 valence electrons. The molecule has 5 heteroatoms. The predicted octanol–water partition coefficient (Wildman–Crippen LogP) is 2.78. The predicted molar refractivity (Wildman–Crippen MR) is 76.7 cm³/mol. The summed E-state index contributed by atoms with van der Waals surface area (Å²) in [6, 6.07) is 10.2. The summed E-state index contributed by atoms with van der Waals surface area (Å²) in [7, 11) is 1.60. The van der Waals surface area contributed by atoms with E-state index >= 15 is 0 Å². The van der Waals surface area contributed by atoms with Crippen LogP contribution in [-0.2, 0) is 4.79 Å². The molecule has 0 saturated carbocycles. The Bertz CT molecular complexity index is 756. The molecule has 1 heterocycles. The Morgan fingerprint density at radius 3 is 2.62 bits per heavy atom. The average Bonchev–Trinajstić information content (AvgIpc) is 2.59. The first-order valence-corrected chi connectivity index (χ1v) is 6.44. The second-order valence-electron chi connectivity index (χ2n) is 4.76. The molecule has 1 amide bonds. The van der Waals surface area contributed by atoms with Gasteiger partial charge in [0.15, 0.2) is 0 Å². The number of rotatable bonds is 1. The summed E-state index contributed by atoms with van der Waals surface area (Å²) in [4.78, 5) is 17.6. The quantitative estimate of drug-likeness (QED) is 0.793. The normalized spacial score (nSPS) is 14.5. The fraction of sp³-hybridized carbons (Fsp3) is 0.125. The molecule has 21 heavy (non-hydrogen) atoms. The average molecular weight is 286 g/mol. The molecule has 1 aliphatic heterocycles. The zero-order valence-electron chi connectivity index (χ0n) is 11.3. The van der Waals surface area contributed by atoms with E-state index in [0.29, 0.717) is 17.0 Å². The van der Waals surface area contributed by atoms with E-state index in [4.69, 9.17) is 0 Å². The summed E-state index contributed by atoms with van der Waals surface area (Å²) in [5, 5.41) is 0. The summed E-state index contributed by atoms with van der Waals surface area (Å²) in [5.74, 6) is -1.14. The monoisotopic (exact) mass is 286 g/mol. The van der Waals surface area contributed by atoms with E-state index in [2.05, 4.69) is 4.99 Å². The van der Waals surface area contributed by atoms with Crippen molar-refractivity contribution >= 4 is 17.3 Å². The number of nitrogens with zero attached hydrogens (tertiary/aromatic N) is 2. The Morgan fingerprint density at radius 1 is 1.10 bits per heavy atom. The van der Waals surface area contributed by atoms with E-state index in [9.17, 15) is 13.6 Å². The van der Waals surface area contributed by atoms with Gasteiger partial charge in [-0.3, -0.25) is 9.79 Å². The third-order valence-corrected chi connectivity index (χ3v) is 3.45. The molecule has 0 saturated heterocycles. The van der Waals surface area contributed by atoms with Crippen LogP contribution in [0.3, 0.4) is 0 Å². The molecule has 0 aliphatic carbocycles. The van der Waals surface area contributed by atoms with E-state index in [1.54, 1.807) is 25.2 Å². The maximum Gasteiger partial charge on any atom is 0.248 e. The molecule has 0 spiro atoms. The van der Waals surface area contributed by atoms with Gasteiger partial charge in [-0.05, 0) is 30.3 Å². The SMILES string of the molecule is CN1C(=O)CN=C(c2ccccc2F)c2cc(F)ccc21. The molecule has 0 radical (unpaired) electrons. The number of amides is 1. The highest BCUT2D eigenvalue weighted by molar-refractivity contribution is 6.19. The largest absolute Gasteiger partial charge is 0.313 e. The van der Waals surface area contributed by atoms with Crippen molar-refractivity contribution in [1.29, 1.82) is 0 Å². The van der Waals surface area contributed by atoms with Gasteiger partial charge in [-0.1, -0.05) is 12.1 Å². The number of hydrogen-bond donors (Lipinski definition) is 0. The van der Waals surface area contributed by atoms with Crippen LogP contribution >= 0.6 is 0 Å². The van der Waals surface area contributed by atoms with Gasteiger partial charge in [0.1, 0.15) is 18.2 Å². The van der Waals surface area contributed by atoms with Crippen LogP contribution in [-0.4, -0.2) is 25.2 Å². The summed E-state index contributed by atoms with van der Waals surface area (Å²) < 4.78 is 27.6. The van der Waals surface area contributed by atoms with Crippen molar-refractivity contribution in [1.82, 2.24) is 0 Å². The number of carbonyl (C=O) groups is 1. The summed E-state index contributed by atoms with van der Waals surface area (Å²) >= 11 is 0. The van der Waals surface area contributed by atoms with Gasteiger partial charge in [0.05, 0.1) is 11.4 Å². The molecule has 2 aromatic carbocycles. The fourth-order valence-electron chi connectivity index (χ4n) is 2.35. The Morgan fingerprint density at radius 2 is 1.86 bits per heavy atom. The number of anilines is 1. The van der Waals surface area contributed by atoms with Gasteiger partial charge in [-0.15, -0.1) is 0 Å². The van der Waals surface area contributed by atoms with E-state index in [-0.39, 0.29) is 18.0 Å². The van der Waals surface area contributed by atoms with Crippen LogP contribution in [0.2, 0.25) is 0 Å². The fourth-order valence-corrected chi connectivity index (χ4v) is 2.35. The standard InChI is InChI=1S/C16H12F2N2O/c1-20-14-7-6-10(17)8-12(14)16(19-9-15(20)21)11-4-2-3-5-13(11)18/h2-8H,9H2,1H3. The van der Waals surface area contributed by atoms with E-state index < -0.39 is 11.6 Å². The van der Waals surface area contributed by atoms with E-state index in [1.165, 1.54) is 29.2 Å². The molecular formula is C16H12F2N2O. The first kappa shape index (κ1) is 13.4. The second-order valence-corrected chi connectivity index (χ2v) is 4.76. The number of fused-ring (bicyclic) bond motifs is 1. The minimum absolute atomic E-state index is 0.101. The van der Waals surface area contributed by atoms with Crippen molar-refractivity contribution < 1.29 is 13.6 Å². The molecule has 1 aliphatic rings. The lowest BCUT2D eigenvalue weighted by molar-refractivity contribution is -0.116. The van der Waals surface area contributed by atoms with Crippen molar-refractivity contribution in [3.8, 4) is 0 Å². The molecule has 0 bridgehead atoms. The van der Waals surface area contributed by atoms with Gasteiger partial charge >= 0.3 is 0 Å². The van der Waals surface area contributed by atoms with Gasteiger partial charge < -0.3 is 4.90 Å². The summed E-state index contributed by atoms with van der Waals surface area (Å²) in [5.41, 5.74) is 1.47. The zero-order valence-corrected chi connectivity index (χ0v) is 11.3. The first-order valence-electron chi connectivity index (χ1n) is 6.44. The molecule has 0 N–H and O–H groups in total. The molecule has 3 rings (SSSR count). The molecule has 2 aromatic rings. The van der Waals surface area contributed by atoms with Crippen molar-refractivity contribution in [2.24, 2.45) is 4.99 Å². The van der Waals surface area contributed by atoms with E-state index in [0.717, 1.165) is 0 Å². The van der Waals surface area contributed by atoms with Gasteiger partial charge in [0.2, 0.25) is 5.91 Å². The Kier molecular flexibility index (Phi) is 3.25. The number of likely N-dealkylation sites (N-methyl/N-ethyl adjacent to an activating group) is 1. The summed E-state index contributed by atoms with van der Waals surface area (Å²) in [6.07, 6.45) is 0. The van der Waals surface area contributed by atoms with Gasteiger partial charge in [0, 0.05) is 18.2 Å². The number of benzodiazepines with no additional fused rings is 1. The molecule has 0 fully saturated rings. The van der Waals surface area contributed by atoms with Crippen LogP contribution < -0.4 is 4.90 Å². The minimum Gasteiger partial charge on any atom is -0.313 e. The zero-order chi connectivity index (χ0) is 15.0. The van der Waals surface area contributed by atoms with Crippen LogP contribution in [0.5, 0.6) is 0 Å². The highest BCUT2D eigenvalue weighted by Gasteiger charge is 2.24. The molecule has 3 nitrogen and oxygen atoms in total. The van der Waals surface area contributed by atoms with Crippen molar-refractivity contribution in [3.63, 3.8) is 0 Å². The minimum atomic E-state index is -0.458. The third-order valence-electron chi connectivity index (χ3n) is 3.45. The number of carbonyl (C=O) groups excluding carboxylic acids is 1. The van der Waals surface area contributed by atoms with Crippen LogP contribution in [0, 0.1) is 11.6 Å². The topological polar surface area (TPSA) is 32.7 Å². The maximum absolute atomic E-state index is 14.0. The Labute approximate surface area is 120 Å². The van der Waals surface area contributed by atoms with Crippen molar-refractivity contribution in [2.75, 3.05) is 18.5 Å². The molecular weight excluding hydrogens is 274 g/mol. The first-order chi connectivity index (χ1) is 10.1. The lowest BCUT2D eigenvalue weighted by Crippen LogP contribution is -2.27. The Balaban J connectivity index is 2.26. The van der Waals surface area contributed by atoms with Crippen molar-refractivity contribution in [3.05, 3.63) is 65.2 Å². The molecule has 0 unspecified atom stereocenters. The highest BCUT2D eigenvalue weighted by Crippen LogP contribution is 2.27. The van der Waals surface area contributed by atoms with Gasteiger partial charge in [-0.25, -0.2) is 8.78 Å². The molecule has 0 atom stereocenters. The second kappa shape index (κ2) is 5.09. The van der Waals surface area contributed by atoms with Crippen LogP contribution in [0.25, 0.3) is 0 Å². The van der Waals surface area contributed by atoms with Gasteiger partial charge in [0.25, 0.3) is 0 Å². The van der Waals surface area contributed by atoms with Crippen LogP contribution in [0.4, 0.5) is 14.5 Å². The lowest BCUT2D eigenvalue weighted by atomic mass is 9.99. The number of halogens is 2. The Hall–Kier alpha value is -2.56. The molecule has 0 aromatic heterocycles. The number of aliphatic imine (C=N–C) groups is 1. The van der Waals surface area contributed by atoms with Crippen LogP contribution in [0.15, 0.2) is 47.5 Å². The summed E-state index contributed by atoms with van der Waals surface area (Å²) in [6.45, 7) is -0.101. The van der Waals surface area contributed by atoms with Crippen LogP contribution in [0.1, 0.15) is 11.1 Å². The van der Waals surface area contributed by atoms with E-state index in [1.807, 2.05) is 0 Å². The number of hydrogen-bond acceptors (Lipinski definition) is 2. The number of benzene rings is 2. The third kappa shape index (κ3) is 2.31. The maximum atomic E-state index is 14.0. The van der Waals surface area contributed by atoms with Crippen molar-refractivity contribution in [2.45, 2.75) is 0 Å². The highest BCUT2D eigenvalue weighted by atomic mass is 19.1. The van der Waals surface area contributed by atoms with Gasteiger partial charge in [-0.2, -0.15) is 0 Å². The smallest absolute Gasteiger partial charge is 0.248 e.